The number of carbonyl (C=O) groups excluding carboxylic acids is 2. The quantitative estimate of drug-likeness (QED) is 0.647. The molecule has 33 heavy (non-hydrogen) atoms. The third kappa shape index (κ3) is 6.35. The number of hydrogen-bond acceptors (Lipinski definition) is 4. The van der Waals surface area contributed by atoms with Crippen LogP contribution in [0.1, 0.15) is 41.6 Å². The number of carbonyl (C=O) groups is 2. The minimum absolute atomic E-state index is 0.0551. The average molecular weight is 450 g/mol. The van der Waals surface area contributed by atoms with Crippen LogP contribution in [0.2, 0.25) is 0 Å². The molecular weight excluding hydrogens is 414 g/mol. The molecule has 0 spiro atoms. The Morgan fingerprint density at radius 3 is 2.48 bits per heavy atom. The molecule has 2 heterocycles. The molecule has 0 aromatic heterocycles. The number of methoxy groups -OCH3 is 1. The second kappa shape index (κ2) is 11.3. The zero-order valence-electron chi connectivity index (χ0n) is 19.6. The van der Waals surface area contributed by atoms with Gasteiger partial charge in [-0.25, -0.2) is 0 Å². The number of piperidine rings is 1. The predicted molar refractivity (Wildman–Crippen MR) is 129 cm³/mol. The van der Waals surface area contributed by atoms with E-state index in [2.05, 4.69) is 29.2 Å². The standard InChI is InChI=1S/C27H35N3O3/c1-33-25-11-5-10-24(19-25)27(32)30-14-6-9-23(21-30)12-13-26(31)29-17-15-28(16-18-29)20-22-7-3-2-4-8-22/h2-5,7-8,10-11,19,23H,6,9,12-18,20-21H2,1H3/t23-/m0/s1. The Kier molecular flexibility index (Phi) is 8.00. The summed E-state index contributed by atoms with van der Waals surface area (Å²) >= 11 is 0. The van der Waals surface area contributed by atoms with Gasteiger partial charge in [0.1, 0.15) is 5.75 Å². The van der Waals surface area contributed by atoms with Crippen molar-refractivity contribution in [3.05, 3.63) is 65.7 Å². The first kappa shape index (κ1) is 23.3. The van der Waals surface area contributed by atoms with Gasteiger partial charge in [0.2, 0.25) is 5.91 Å². The van der Waals surface area contributed by atoms with Crippen LogP contribution in [0.15, 0.2) is 54.6 Å². The van der Waals surface area contributed by atoms with Crippen LogP contribution in [0.25, 0.3) is 0 Å². The highest BCUT2D eigenvalue weighted by Crippen LogP contribution is 2.24. The first-order chi connectivity index (χ1) is 16.1. The van der Waals surface area contributed by atoms with Gasteiger partial charge >= 0.3 is 0 Å². The number of likely N-dealkylation sites (tertiary alicyclic amines) is 1. The summed E-state index contributed by atoms with van der Waals surface area (Å²) in [7, 11) is 1.61. The summed E-state index contributed by atoms with van der Waals surface area (Å²) in [4.78, 5) is 32.2. The molecule has 2 saturated heterocycles. The predicted octanol–water partition coefficient (Wildman–Crippen LogP) is 3.67. The number of piperazine rings is 1. The molecule has 0 radical (unpaired) electrons. The van der Waals surface area contributed by atoms with Gasteiger partial charge in [-0.2, -0.15) is 0 Å². The molecule has 0 aliphatic carbocycles. The molecule has 2 aliphatic rings. The monoisotopic (exact) mass is 449 g/mol. The number of rotatable bonds is 7. The van der Waals surface area contributed by atoms with Crippen molar-refractivity contribution < 1.29 is 14.3 Å². The minimum Gasteiger partial charge on any atom is -0.497 e. The highest BCUT2D eigenvalue weighted by Gasteiger charge is 2.27. The molecule has 6 nitrogen and oxygen atoms in total. The van der Waals surface area contributed by atoms with Gasteiger partial charge in [0.25, 0.3) is 5.91 Å². The smallest absolute Gasteiger partial charge is 0.253 e. The average Bonchev–Trinajstić information content (AvgIpc) is 2.88. The van der Waals surface area contributed by atoms with E-state index in [1.807, 2.05) is 34.1 Å². The molecule has 176 valence electrons. The van der Waals surface area contributed by atoms with E-state index in [1.54, 1.807) is 13.2 Å². The lowest BCUT2D eigenvalue weighted by molar-refractivity contribution is -0.133. The number of nitrogens with zero attached hydrogens (tertiary/aromatic N) is 3. The molecule has 2 aromatic carbocycles. The van der Waals surface area contributed by atoms with Crippen LogP contribution in [0.3, 0.4) is 0 Å². The van der Waals surface area contributed by atoms with Crippen LogP contribution >= 0.6 is 0 Å². The summed E-state index contributed by atoms with van der Waals surface area (Å²) in [6.07, 6.45) is 3.50. The van der Waals surface area contributed by atoms with E-state index in [1.165, 1.54) is 5.56 Å². The van der Waals surface area contributed by atoms with Gasteiger partial charge in [0.15, 0.2) is 0 Å². The van der Waals surface area contributed by atoms with Crippen molar-refractivity contribution >= 4 is 11.8 Å². The fraction of sp³-hybridized carbons (Fsp3) is 0.481. The van der Waals surface area contributed by atoms with Crippen molar-refractivity contribution in [3.8, 4) is 5.75 Å². The van der Waals surface area contributed by atoms with E-state index in [0.717, 1.165) is 65.1 Å². The number of ether oxygens (including phenoxy) is 1. The Morgan fingerprint density at radius 1 is 0.939 bits per heavy atom. The summed E-state index contributed by atoms with van der Waals surface area (Å²) in [5.74, 6) is 1.39. The van der Waals surface area contributed by atoms with Gasteiger partial charge < -0.3 is 14.5 Å². The molecule has 2 aromatic rings. The Bertz CT molecular complexity index is 925. The van der Waals surface area contributed by atoms with E-state index in [4.69, 9.17) is 4.74 Å². The van der Waals surface area contributed by atoms with Gasteiger partial charge in [-0.3, -0.25) is 14.5 Å². The molecule has 0 N–H and O–H groups in total. The largest absolute Gasteiger partial charge is 0.497 e. The van der Waals surface area contributed by atoms with Gasteiger partial charge in [0, 0.05) is 57.8 Å². The van der Waals surface area contributed by atoms with Gasteiger partial charge in [-0.05, 0) is 48.9 Å². The third-order valence-corrected chi connectivity index (χ3v) is 6.86. The third-order valence-electron chi connectivity index (χ3n) is 6.86. The molecule has 1 atom stereocenters. The number of amides is 2. The second-order valence-corrected chi connectivity index (χ2v) is 9.17. The SMILES string of the molecule is COc1cccc(C(=O)N2CCC[C@@H](CCC(=O)N3CCN(Cc4ccccc4)CC3)C2)c1. The fourth-order valence-electron chi connectivity index (χ4n) is 4.91. The molecule has 2 amide bonds. The van der Waals surface area contributed by atoms with Crippen LogP contribution < -0.4 is 4.74 Å². The van der Waals surface area contributed by atoms with Crippen LogP contribution in [-0.4, -0.2) is 72.9 Å². The minimum atomic E-state index is 0.0551. The molecule has 0 unspecified atom stereocenters. The molecule has 2 fully saturated rings. The Balaban J connectivity index is 1.21. The van der Waals surface area contributed by atoms with E-state index in [0.29, 0.717) is 23.7 Å². The fourth-order valence-corrected chi connectivity index (χ4v) is 4.91. The molecular formula is C27H35N3O3. The first-order valence-corrected chi connectivity index (χ1v) is 12.1. The topological polar surface area (TPSA) is 53.1 Å². The van der Waals surface area contributed by atoms with E-state index in [-0.39, 0.29) is 11.8 Å². The molecule has 2 aliphatic heterocycles. The van der Waals surface area contributed by atoms with Gasteiger partial charge in [0.05, 0.1) is 7.11 Å². The summed E-state index contributed by atoms with van der Waals surface area (Å²) in [5, 5.41) is 0. The lowest BCUT2D eigenvalue weighted by Crippen LogP contribution is -2.48. The van der Waals surface area contributed by atoms with Crippen molar-refractivity contribution in [2.24, 2.45) is 5.92 Å². The normalized spacial score (nSPS) is 19.4. The van der Waals surface area contributed by atoms with Gasteiger partial charge in [-0.1, -0.05) is 36.4 Å². The van der Waals surface area contributed by atoms with Crippen molar-refractivity contribution in [1.82, 2.24) is 14.7 Å². The lowest BCUT2D eigenvalue weighted by Gasteiger charge is -2.36. The van der Waals surface area contributed by atoms with Crippen LogP contribution in [0.4, 0.5) is 0 Å². The second-order valence-electron chi connectivity index (χ2n) is 9.17. The zero-order valence-corrected chi connectivity index (χ0v) is 19.6. The molecule has 0 saturated carbocycles. The number of benzene rings is 2. The van der Waals surface area contributed by atoms with Crippen LogP contribution in [0.5, 0.6) is 5.75 Å². The summed E-state index contributed by atoms with van der Waals surface area (Å²) in [6.45, 7) is 5.91. The molecule has 0 bridgehead atoms. The summed E-state index contributed by atoms with van der Waals surface area (Å²) in [6, 6.07) is 17.9. The highest BCUT2D eigenvalue weighted by atomic mass is 16.5. The maximum absolute atomic E-state index is 13.0. The maximum Gasteiger partial charge on any atom is 0.253 e. The number of hydrogen-bond donors (Lipinski definition) is 0. The summed E-state index contributed by atoms with van der Waals surface area (Å²) < 4.78 is 5.26. The van der Waals surface area contributed by atoms with E-state index < -0.39 is 0 Å². The Hall–Kier alpha value is -2.86. The summed E-state index contributed by atoms with van der Waals surface area (Å²) in [5.41, 5.74) is 1.99. The van der Waals surface area contributed by atoms with Crippen LogP contribution in [-0.2, 0) is 11.3 Å². The molecule has 4 rings (SSSR count). The van der Waals surface area contributed by atoms with Gasteiger partial charge in [-0.15, -0.1) is 0 Å². The maximum atomic E-state index is 13.0. The zero-order chi connectivity index (χ0) is 23.0. The van der Waals surface area contributed by atoms with Crippen molar-refractivity contribution in [2.75, 3.05) is 46.4 Å². The van der Waals surface area contributed by atoms with Crippen molar-refractivity contribution in [2.45, 2.75) is 32.2 Å². The Morgan fingerprint density at radius 2 is 1.73 bits per heavy atom. The first-order valence-electron chi connectivity index (χ1n) is 12.1. The highest BCUT2D eigenvalue weighted by molar-refractivity contribution is 5.94. The van der Waals surface area contributed by atoms with Crippen molar-refractivity contribution in [3.63, 3.8) is 0 Å². The van der Waals surface area contributed by atoms with E-state index in [9.17, 15) is 9.59 Å². The molecule has 6 heteroatoms. The van der Waals surface area contributed by atoms with Crippen LogP contribution in [0, 0.1) is 5.92 Å². The van der Waals surface area contributed by atoms with E-state index >= 15 is 0 Å². The lowest BCUT2D eigenvalue weighted by atomic mass is 9.92. The Labute approximate surface area is 197 Å². The van der Waals surface area contributed by atoms with Crippen molar-refractivity contribution in [1.29, 1.82) is 0 Å².